The van der Waals surface area contributed by atoms with Crippen LogP contribution >= 0.6 is 0 Å². The third-order valence-electron chi connectivity index (χ3n) is 2.99. The SMILES string of the molecule is CCCC(C)(Oc1ccc(CN)cc1C)C(=O)O. The molecule has 0 saturated carbocycles. The Balaban J connectivity index is 2.98. The molecule has 0 aliphatic heterocycles. The highest BCUT2D eigenvalue weighted by Gasteiger charge is 2.34. The van der Waals surface area contributed by atoms with Crippen molar-refractivity contribution < 1.29 is 14.6 Å². The molecule has 0 radical (unpaired) electrons. The lowest BCUT2D eigenvalue weighted by Crippen LogP contribution is -2.41. The molecule has 1 rings (SSSR count). The first kappa shape index (κ1) is 14.5. The fourth-order valence-corrected chi connectivity index (χ4v) is 1.87. The monoisotopic (exact) mass is 251 g/mol. The molecule has 1 aromatic rings. The van der Waals surface area contributed by atoms with E-state index in [2.05, 4.69) is 0 Å². The van der Waals surface area contributed by atoms with Gasteiger partial charge in [-0.25, -0.2) is 4.79 Å². The summed E-state index contributed by atoms with van der Waals surface area (Å²) in [5, 5.41) is 9.27. The number of hydrogen-bond acceptors (Lipinski definition) is 3. The maximum Gasteiger partial charge on any atom is 0.347 e. The van der Waals surface area contributed by atoms with Gasteiger partial charge in [0.05, 0.1) is 0 Å². The number of ether oxygens (including phenoxy) is 1. The molecule has 4 heteroatoms. The van der Waals surface area contributed by atoms with Gasteiger partial charge in [0.25, 0.3) is 0 Å². The molecule has 3 N–H and O–H groups in total. The number of carbonyl (C=O) groups is 1. The molecule has 0 aliphatic rings. The van der Waals surface area contributed by atoms with Gasteiger partial charge >= 0.3 is 5.97 Å². The summed E-state index contributed by atoms with van der Waals surface area (Å²) in [6, 6.07) is 5.56. The topological polar surface area (TPSA) is 72.5 Å². The first-order valence-electron chi connectivity index (χ1n) is 6.15. The van der Waals surface area contributed by atoms with Crippen molar-refractivity contribution in [2.45, 2.75) is 45.8 Å². The van der Waals surface area contributed by atoms with Crippen LogP contribution < -0.4 is 10.5 Å². The number of carboxylic acids is 1. The van der Waals surface area contributed by atoms with E-state index >= 15 is 0 Å². The van der Waals surface area contributed by atoms with E-state index in [-0.39, 0.29) is 0 Å². The van der Waals surface area contributed by atoms with Crippen LogP contribution in [0.3, 0.4) is 0 Å². The zero-order valence-corrected chi connectivity index (χ0v) is 11.2. The lowest BCUT2D eigenvalue weighted by Gasteiger charge is -2.27. The molecule has 0 saturated heterocycles. The van der Waals surface area contributed by atoms with Gasteiger partial charge in [-0.15, -0.1) is 0 Å². The molecule has 0 amide bonds. The highest BCUT2D eigenvalue weighted by molar-refractivity contribution is 5.77. The van der Waals surface area contributed by atoms with Crippen molar-refractivity contribution in [3.8, 4) is 5.75 Å². The number of nitrogens with two attached hydrogens (primary N) is 1. The molecule has 4 nitrogen and oxygen atoms in total. The molecule has 0 aromatic heterocycles. The maximum absolute atomic E-state index is 11.3. The van der Waals surface area contributed by atoms with Crippen molar-refractivity contribution in [1.29, 1.82) is 0 Å². The molecule has 0 heterocycles. The summed E-state index contributed by atoms with van der Waals surface area (Å²) >= 11 is 0. The second kappa shape index (κ2) is 5.87. The Morgan fingerprint density at radius 1 is 1.50 bits per heavy atom. The summed E-state index contributed by atoms with van der Waals surface area (Å²) in [6.07, 6.45) is 1.23. The first-order valence-corrected chi connectivity index (χ1v) is 6.15. The van der Waals surface area contributed by atoms with Crippen LogP contribution in [0.2, 0.25) is 0 Å². The Kier molecular flexibility index (Phi) is 4.73. The fourth-order valence-electron chi connectivity index (χ4n) is 1.87. The molecule has 1 atom stereocenters. The fraction of sp³-hybridized carbons (Fsp3) is 0.500. The van der Waals surface area contributed by atoms with Gasteiger partial charge in [0.15, 0.2) is 0 Å². The molecule has 0 bridgehead atoms. The smallest absolute Gasteiger partial charge is 0.347 e. The summed E-state index contributed by atoms with van der Waals surface area (Å²) in [5.74, 6) is -0.336. The van der Waals surface area contributed by atoms with Crippen LogP contribution in [0.1, 0.15) is 37.8 Å². The van der Waals surface area contributed by atoms with E-state index < -0.39 is 11.6 Å². The van der Waals surface area contributed by atoms with Crippen molar-refractivity contribution in [2.75, 3.05) is 0 Å². The Morgan fingerprint density at radius 3 is 2.61 bits per heavy atom. The molecular formula is C14H21NO3. The van der Waals surface area contributed by atoms with Crippen molar-refractivity contribution in [3.05, 3.63) is 29.3 Å². The lowest BCUT2D eigenvalue weighted by molar-refractivity contribution is -0.154. The summed E-state index contributed by atoms with van der Waals surface area (Å²) in [4.78, 5) is 11.3. The normalized spacial score (nSPS) is 14.0. The highest BCUT2D eigenvalue weighted by Crippen LogP contribution is 2.26. The minimum absolute atomic E-state index is 0.465. The van der Waals surface area contributed by atoms with Crippen LogP contribution in [0.25, 0.3) is 0 Å². The molecule has 0 aliphatic carbocycles. The van der Waals surface area contributed by atoms with Gasteiger partial charge in [0, 0.05) is 6.54 Å². The van der Waals surface area contributed by atoms with E-state index in [4.69, 9.17) is 10.5 Å². The van der Waals surface area contributed by atoms with E-state index in [9.17, 15) is 9.90 Å². The van der Waals surface area contributed by atoms with Gasteiger partial charge in [-0.2, -0.15) is 0 Å². The van der Waals surface area contributed by atoms with Crippen LogP contribution in [0, 0.1) is 6.92 Å². The van der Waals surface area contributed by atoms with Crippen molar-refractivity contribution in [2.24, 2.45) is 5.73 Å². The predicted molar refractivity (Wildman–Crippen MR) is 70.6 cm³/mol. The van der Waals surface area contributed by atoms with Crippen LogP contribution in [-0.4, -0.2) is 16.7 Å². The summed E-state index contributed by atoms with van der Waals surface area (Å²) in [7, 11) is 0. The summed E-state index contributed by atoms with van der Waals surface area (Å²) in [5.41, 5.74) is 6.29. The Labute approximate surface area is 108 Å². The second-order valence-corrected chi connectivity index (χ2v) is 4.69. The van der Waals surface area contributed by atoms with Gasteiger partial charge in [-0.3, -0.25) is 0 Å². The van der Waals surface area contributed by atoms with Crippen LogP contribution in [0.15, 0.2) is 18.2 Å². The van der Waals surface area contributed by atoms with Crippen LogP contribution in [0.5, 0.6) is 5.75 Å². The molecule has 18 heavy (non-hydrogen) atoms. The van der Waals surface area contributed by atoms with Gasteiger partial charge < -0.3 is 15.6 Å². The Bertz CT molecular complexity index is 431. The van der Waals surface area contributed by atoms with Gasteiger partial charge in [0.1, 0.15) is 5.75 Å². The quantitative estimate of drug-likeness (QED) is 0.814. The number of benzene rings is 1. The van der Waals surface area contributed by atoms with Crippen LogP contribution in [-0.2, 0) is 11.3 Å². The second-order valence-electron chi connectivity index (χ2n) is 4.69. The van der Waals surface area contributed by atoms with Crippen molar-refractivity contribution in [1.82, 2.24) is 0 Å². The third kappa shape index (κ3) is 3.23. The number of rotatable bonds is 6. The maximum atomic E-state index is 11.3. The minimum atomic E-state index is -1.18. The van der Waals surface area contributed by atoms with Crippen molar-refractivity contribution in [3.63, 3.8) is 0 Å². The number of aliphatic carboxylic acids is 1. The number of carboxylic acid groups (broad SMARTS) is 1. The zero-order chi connectivity index (χ0) is 13.8. The zero-order valence-electron chi connectivity index (χ0n) is 11.2. The van der Waals surface area contributed by atoms with E-state index in [0.29, 0.717) is 18.7 Å². The van der Waals surface area contributed by atoms with E-state index in [1.165, 1.54) is 0 Å². The molecule has 1 unspecified atom stereocenters. The summed E-state index contributed by atoms with van der Waals surface area (Å²) in [6.45, 7) is 5.90. The molecule has 0 spiro atoms. The van der Waals surface area contributed by atoms with Crippen LogP contribution in [0.4, 0.5) is 0 Å². The molecule has 0 fully saturated rings. The highest BCUT2D eigenvalue weighted by atomic mass is 16.5. The number of aryl methyl sites for hydroxylation is 1. The third-order valence-corrected chi connectivity index (χ3v) is 2.99. The van der Waals surface area contributed by atoms with Gasteiger partial charge in [-0.1, -0.05) is 25.5 Å². The van der Waals surface area contributed by atoms with Gasteiger partial charge in [-0.05, 0) is 37.5 Å². The first-order chi connectivity index (χ1) is 8.42. The minimum Gasteiger partial charge on any atom is -0.478 e. The number of hydrogen-bond donors (Lipinski definition) is 2. The molecular weight excluding hydrogens is 230 g/mol. The van der Waals surface area contributed by atoms with E-state index in [1.807, 2.05) is 26.0 Å². The lowest BCUT2D eigenvalue weighted by atomic mass is 10.00. The van der Waals surface area contributed by atoms with E-state index in [1.54, 1.807) is 13.0 Å². The van der Waals surface area contributed by atoms with Gasteiger partial charge in [0.2, 0.25) is 5.60 Å². The summed E-state index contributed by atoms with van der Waals surface area (Å²) < 4.78 is 5.69. The van der Waals surface area contributed by atoms with Crippen molar-refractivity contribution >= 4 is 5.97 Å². The standard InChI is InChI=1S/C14H21NO3/c1-4-7-14(3,13(16)17)18-12-6-5-11(9-15)8-10(12)2/h5-6,8H,4,7,9,15H2,1-3H3,(H,16,17). The Morgan fingerprint density at radius 2 is 2.17 bits per heavy atom. The molecule has 100 valence electrons. The predicted octanol–water partition coefficient (Wildman–Crippen LogP) is 2.48. The molecule has 1 aromatic carbocycles. The average molecular weight is 251 g/mol. The average Bonchev–Trinajstić information content (AvgIpc) is 2.32. The largest absolute Gasteiger partial charge is 0.478 e. The van der Waals surface area contributed by atoms with E-state index in [0.717, 1.165) is 17.5 Å². The Hall–Kier alpha value is -1.55.